The van der Waals surface area contributed by atoms with Gasteiger partial charge in [0.25, 0.3) is 5.91 Å². The van der Waals surface area contributed by atoms with Crippen LogP contribution in [-0.4, -0.2) is 37.0 Å². The molecule has 2 aliphatic heterocycles. The smallest absolute Gasteiger partial charge is 0.251 e. The Labute approximate surface area is 170 Å². The summed E-state index contributed by atoms with van der Waals surface area (Å²) in [7, 11) is 0. The van der Waals surface area contributed by atoms with Gasteiger partial charge in [0.05, 0.1) is 13.1 Å². The molecular formula is C23H26N2O4. The second-order valence-corrected chi connectivity index (χ2v) is 7.78. The molecule has 2 aromatic rings. The van der Waals surface area contributed by atoms with Crippen molar-refractivity contribution in [2.75, 3.05) is 19.7 Å². The Bertz CT molecular complexity index is 896. The van der Waals surface area contributed by atoms with Crippen LogP contribution < -0.4 is 10.6 Å². The predicted molar refractivity (Wildman–Crippen MR) is 109 cm³/mol. The third kappa shape index (κ3) is 4.28. The molecule has 0 radical (unpaired) electrons. The Kier molecular flexibility index (Phi) is 5.30. The number of hydrogen-bond donors (Lipinski definition) is 2. The largest absolute Gasteiger partial charge is 0.489 e. The van der Waals surface area contributed by atoms with Crippen LogP contribution in [0.1, 0.15) is 29.8 Å². The van der Waals surface area contributed by atoms with Gasteiger partial charge in [0, 0.05) is 26.0 Å². The molecule has 1 fully saturated rings. The van der Waals surface area contributed by atoms with Crippen LogP contribution in [0.2, 0.25) is 0 Å². The van der Waals surface area contributed by atoms with E-state index in [1.54, 1.807) is 12.1 Å². The van der Waals surface area contributed by atoms with E-state index in [-0.39, 0.29) is 12.5 Å². The highest BCUT2D eigenvalue weighted by molar-refractivity contribution is 5.94. The first-order valence-electron chi connectivity index (χ1n) is 9.81. The first kappa shape index (κ1) is 19.5. The maximum atomic E-state index is 12.5. The fraction of sp³-hybridized carbons (Fsp3) is 0.348. The third-order valence-corrected chi connectivity index (χ3v) is 4.96. The Morgan fingerprint density at radius 1 is 1.00 bits per heavy atom. The van der Waals surface area contributed by atoms with Gasteiger partial charge in [0.1, 0.15) is 6.61 Å². The first-order chi connectivity index (χ1) is 14.0. The summed E-state index contributed by atoms with van der Waals surface area (Å²) in [6, 6.07) is 19.3. The van der Waals surface area contributed by atoms with Crippen LogP contribution in [0, 0.1) is 0 Å². The summed E-state index contributed by atoms with van der Waals surface area (Å²) in [5.41, 5.74) is 0.996. The molecule has 2 aliphatic rings. The fourth-order valence-electron chi connectivity index (χ4n) is 3.68. The molecule has 0 spiro atoms. The van der Waals surface area contributed by atoms with Crippen LogP contribution in [0.4, 0.5) is 0 Å². The lowest BCUT2D eigenvalue weighted by Crippen LogP contribution is -2.46. The van der Waals surface area contributed by atoms with Gasteiger partial charge in [0.15, 0.2) is 17.1 Å². The highest BCUT2D eigenvalue weighted by Crippen LogP contribution is 2.45. The second kappa shape index (κ2) is 7.89. The van der Waals surface area contributed by atoms with Gasteiger partial charge in [-0.15, -0.1) is 0 Å². The lowest BCUT2D eigenvalue weighted by Gasteiger charge is -2.25. The number of amides is 1. The van der Waals surface area contributed by atoms with E-state index in [0.29, 0.717) is 24.5 Å². The van der Waals surface area contributed by atoms with Crippen molar-refractivity contribution in [2.45, 2.75) is 31.8 Å². The number of carbonyl (C=O) groups excluding carboxylic acids is 1. The van der Waals surface area contributed by atoms with Crippen molar-refractivity contribution in [3.63, 3.8) is 0 Å². The van der Waals surface area contributed by atoms with Gasteiger partial charge in [-0.3, -0.25) is 4.79 Å². The summed E-state index contributed by atoms with van der Waals surface area (Å²) in [5, 5.41) is 6.35. The maximum absolute atomic E-state index is 12.5. The Morgan fingerprint density at radius 2 is 1.69 bits per heavy atom. The van der Waals surface area contributed by atoms with Crippen LogP contribution in [0.5, 0.6) is 0 Å². The molecule has 6 nitrogen and oxygen atoms in total. The van der Waals surface area contributed by atoms with Crippen LogP contribution in [0.3, 0.4) is 0 Å². The fourth-order valence-corrected chi connectivity index (χ4v) is 3.68. The lowest BCUT2D eigenvalue weighted by molar-refractivity contribution is -0.170. The van der Waals surface area contributed by atoms with Crippen LogP contribution in [-0.2, 0) is 20.8 Å². The van der Waals surface area contributed by atoms with E-state index in [4.69, 9.17) is 14.2 Å². The van der Waals surface area contributed by atoms with Crippen LogP contribution in [0.15, 0.2) is 72.2 Å². The quantitative estimate of drug-likeness (QED) is 0.756. The highest BCUT2D eigenvalue weighted by atomic mass is 16.8. The molecule has 152 valence electrons. The minimum Gasteiger partial charge on any atom is -0.489 e. The van der Waals surface area contributed by atoms with Gasteiger partial charge in [-0.2, -0.15) is 0 Å². The first-order valence-corrected chi connectivity index (χ1v) is 9.81. The van der Waals surface area contributed by atoms with E-state index < -0.39 is 11.4 Å². The molecule has 29 heavy (non-hydrogen) atoms. The minimum atomic E-state index is -0.808. The number of ether oxygens (including phenoxy) is 3. The third-order valence-electron chi connectivity index (χ3n) is 4.96. The monoisotopic (exact) mass is 394 g/mol. The second-order valence-electron chi connectivity index (χ2n) is 7.78. The zero-order valence-electron chi connectivity index (χ0n) is 16.7. The number of fused-ring (bicyclic) bond motifs is 1. The molecule has 1 amide bonds. The van der Waals surface area contributed by atoms with Gasteiger partial charge in [-0.1, -0.05) is 48.5 Å². The zero-order valence-corrected chi connectivity index (χ0v) is 16.7. The van der Waals surface area contributed by atoms with Gasteiger partial charge in [-0.05, 0) is 17.7 Å². The molecule has 2 aromatic carbocycles. The Morgan fingerprint density at radius 3 is 2.41 bits per heavy atom. The summed E-state index contributed by atoms with van der Waals surface area (Å²) in [5.74, 6) is 0.460. The molecule has 0 unspecified atom stereocenters. The summed E-state index contributed by atoms with van der Waals surface area (Å²) in [6.45, 7) is 5.58. The van der Waals surface area contributed by atoms with Crippen LogP contribution in [0.25, 0.3) is 0 Å². The molecular weight excluding hydrogens is 368 g/mol. The van der Waals surface area contributed by atoms with Crippen molar-refractivity contribution in [1.29, 1.82) is 0 Å². The average Bonchev–Trinajstić information content (AvgIpc) is 3.18. The maximum Gasteiger partial charge on any atom is 0.251 e. The van der Waals surface area contributed by atoms with Gasteiger partial charge >= 0.3 is 0 Å². The van der Waals surface area contributed by atoms with E-state index in [1.165, 1.54) is 5.56 Å². The molecule has 4 rings (SSSR count). The van der Waals surface area contributed by atoms with Crippen molar-refractivity contribution in [3.05, 3.63) is 83.3 Å². The van der Waals surface area contributed by atoms with Gasteiger partial charge in [-0.25, -0.2) is 0 Å². The summed E-state index contributed by atoms with van der Waals surface area (Å²) in [6.07, 6.45) is 0. The zero-order chi connectivity index (χ0) is 20.3. The van der Waals surface area contributed by atoms with E-state index >= 15 is 0 Å². The van der Waals surface area contributed by atoms with Crippen molar-refractivity contribution < 1.29 is 19.0 Å². The van der Waals surface area contributed by atoms with E-state index in [2.05, 4.69) is 22.8 Å². The molecule has 0 aliphatic carbocycles. The van der Waals surface area contributed by atoms with Crippen molar-refractivity contribution in [1.82, 2.24) is 10.6 Å². The van der Waals surface area contributed by atoms with Crippen molar-refractivity contribution in [2.24, 2.45) is 0 Å². The molecule has 0 bridgehead atoms. The molecule has 1 saturated heterocycles. The standard InChI is InChI=1S/C23H26N2O4/c1-22(2)28-20-19(14-24-13-17-9-5-3-6-10-17)27-16-23(20,29-22)15-25-21(26)18-11-7-4-8-12-18/h3-12,24H,13-16H2,1-2H3,(H,25,26)/t23-/m0/s1. The minimum absolute atomic E-state index is 0.150. The van der Waals surface area contributed by atoms with Crippen molar-refractivity contribution >= 4 is 5.91 Å². The summed E-state index contributed by atoms with van der Waals surface area (Å²) < 4.78 is 18.2. The SMILES string of the molecule is CC1(C)OC2=C(CNCc3ccccc3)OC[C@]2(CNC(=O)c2ccccc2)O1. The highest BCUT2D eigenvalue weighted by Gasteiger charge is 2.56. The molecule has 2 N–H and O–H groups in total. The molecule has 0 aromatic heterocycles. The molecule has 6 heteroatoms. The molecule has 1 atom stereocenters. The summed E-state index contributed by atoms with van der Waals surface area (Å²) >= 11 is 0. The Hall–Kier alpha value is -2.83. The average molecular weight is 394 g/mol. The predicted octanol–water partition coefficient (Wildman–Crippen LogP) is 2.97. The number of benzene rings is 2. The Balaban J connectivity index is 1.44. The molecule has 0 saturated carbocycles. The van der Waals surface area contributed by atoms with Gasteiger partial charge in [0.2, 0.25) is 5.79 Å². The number of nitrogens with one attached hydrogen (secondary N) is 2. The van der Waals surface area contributed by atoms with Crippen LogP contribution >= 0.6 is 0 Å². The normalized spacial score (nSPS) is 22.0. The molecule has 2 heterocycles. The van der Waals surface area contributed by atoms with Gasteiger partial charge < -0.3 is 24.8 Å². The number of rotatable bonds is 7. The van der Waals surface area contributed by atoms with E-state index in [1.807, 2.05) is 50.2 Å². The summed E-state index contributed by atoms with van der Waals surface area (Å²) in [4.78, 5) is 12.5. The van der Waals surface area contributed by atoms with Crippen molar-refractivity contribution in [3.8, 4) is 0 Å². The van der Waals surface area contributed by atoms with E-state index in [9.17, 15) is 4.79 Å². The lowest BCUT2D eigenvalue weighted by atomic mass is 10.0. The number of carbonyl (C=O) groups is 1. The number of hydrogen-bond acceptors (Lipinski definition) is 5. The van der Waals surface area contributed by atoms with E-state index in [0.717, 1.165) is 12.3 Å². The topological polar surface area (TPSA) is 68.8 Å².